The van der Waals surface area contributed by atoms with Crippen LogP contribution in [0.5, 0.6) is 0 Å². The SMILES string of the molecule is Cc1cccc(-c2nnc(NC(=O)CCN(Cc3ccccc3)C(=O)CC(C)(C)C)s2)c1. The van der Waals surface area contributed by atoms with Crippen LogP contribution in [0.4, 0.5) is 5.13 Å². The Morgan fingerprint density at radius 2 is 1.78 bits per heavy atom. The van der Waals surface area contributed by atoms with Crippen LogP contribution in [0.1, 0.15) is 44.7 Å². The highest BCUT2D eigenvalue weighted by Crippen LogP contribution is 2.27. The summed E-state index contributed by atoms with van der Waals surface area (Å²) in [5.74, 6) is -0.134. The fourth-order valence-electron chi connectivity index (χ4n) is 3.25. The summed E-state index contributed by atoms with van der Waals surface area (Å²) in [6, 6.07) is 17.8. The van der Waals surface area contributed by atoms with Crippen LogP contribution in [0.15, 0.2) is 54.6 Å². The molecule has 0 aliphatic carbocycles. The second kappa shape index (κ2) is 10.5. The van der Waals surface area contributed by atoms with Gasteiger partial charge in [-0.2, -0.15) is 0 Å². The minimum Gasteiger partial charge on any atom is -0.338 e. The molecule has 1 N–H and O–H groups in total. The average molecular weight is 451 g/mol. The fourth-order valence-corrected chi connectivity index (χ4v) is 4.00. The number of anilines is 1. The van der Waals surface area contributed by atoms with E-state index in [1.54, 1.807) is 4.90 Å². The number of benzene rings is 2. The summed E-state index contributed by atoms with van der Waals surface area (Å²) >= 11 is 1.34. The van der Waals surface area contributed by atoms with Crippen LogP contribution in [0.25, 0.3) is 10.6 Å². The molecule has 0 aliphatic rings. The number of rotatable bonds is 8. The Kier molecular flexibility index (Phi) is 7.75. The Hall–Kier alpha value is -3.06. The lowest BCUT2D eigenvalue weighted by atomic mass is 9.91. The van der Waals surface area contributed by atoms with Gasteiger partial charge < -0.3 is 10.2 Å². The van der Waals surface area contributed by atoms with E-state index in [1.165, 1.54) is 11.3 Å². The Balaban J connectivity index is 1.61. The molecule has 7 heteroatoms. The molecule has 0 spiro atoms. The van der Waals surface area contributed by atoms with E-state index in [9.17, 15) is 9.59 Å². The first-order valence-corrected chi connectivity index (χ1v) is 11.5. The van der Waals surface area contributed by atoms with Crippen molar-refractivity contribution in [2.45, 2.75) is 47.1 Å². The van der Waals surface area contributed by atoms with Gasteiger partial charge in [-0.05, 0) is 24.0 Å². The van der Waals surface area contributed by atoms with Crippen LogP contribution in [0, 0.1) is 12.3 Å². The van der Waals surface area contributed by atoms with Crippen LogP contribution in [-0.4, -0.2) is 33.5 Å². The van der Waals surface area contributed by atoms with Crippen molar-refractivity contribution in [3.8, 4) is 10.6 Å². The summed E-state index contributed by atoms with van der Waals surface area (Å²) in [4.78, 5) is 27.2. The number of aryl methyl sites for hydroxylation is 1. The van der Waals surface area contributed by atoms with E-state index in [-0.39, 0.29) is 23.7 Å². The molecule has 168 valence electrons. The highest BCUT2D eigenvalue weighted by atomic mass is 32.1. The molecular weight excluding hydrogens is 420 g/mol. The molecule has 6 nitrogen and oxygen atoms in total. The number of nitrogens with zero attached hydrogens (tertiary/aromatic N) is 3. The predicted molar refractivity (Wildman–Crippen MR) is 129 cm³/mol. The molecule has 0 radical (unpaired) electrons. The van der Waals surface area contributed by atoms with E-state index in [4.69, 9.17) is 0 Å². The Labute approximate surface area is 193 Å². The molecule has 3 rings (SSSR count). The second-order valence-electron chi connectivity index (χ2n) is 9.12. The van der Waals surface area contributed by atoms with Gasteiger partial charge in [-0.1, -0.05) is 86.2 Å². The molecule has 0 fully saturated rings. The molecule has 1 aromatic heterocycles. The largest absolute Gasteiger partial charge is 0.338 e. The molecule has 0 saturated carbocycles. The summed E-state index contributed by atoms with van der Waals surface area (Å²) in [5.41, 5.74) is 3.04. The number of nitrogens with one attached hydrogen (secondary N) is 1. The second-order valence-corrected chi connectivity index (χ2v) is 10.1. The van der Waals surface area contributed by atoms with Crippen molar-refractivity contribution in [2.75, 3.05) is 11.9 Å². The fraction of sp³-hybridized carbons (Fsp3) is 0.360. The van der Waals surface area contributed by atoms with Gasteiger partial charge in [0.05, 0.1) is 0 Å². The highest BCUT2D eigenvalue weighted by Gasteiger charge is 2.22. The molecule has 0 saturated heterocycles. The number of carbonyl (C=O) groups excluding carboxylic acids is 2. The van der Waals surface area contributed by atoms with Crippen LogP contribution in [0.3, 0.4) is 0 Å². The number of carbonyl (C=O) groups is 2. The molecule has 0 unspecified atom stereocenters. The lowest BCUT2D eigenvalue weighted by Crippen LogP contribution is -2.35. The van der Waals surface area contributed by atoms with E-state index in [0.29, 0.717) is 24.6 Å². The zero-order valence-electron chi connectivity index (χ0n) is 19.1. The molecule has 0 bridgehead atoms. The van der Waals surface area contributed by atoms with Crippen molar-refractivity contribution in [2.24, 2.45) is 5.41 Å². The summed E-state index contributed by atoms with van der Waals surface area (Å²) in [5, 5.41) is 12.3. The van der Waals surface area contributed by atoms with Crippen LogP contribution in [0.2, 0.25) is 0 Å². The maximum absolute atomic E-state index is 12.9. The van der Waals surface area contributed by atoms with Crippen molar-refractivity contribution >= 4 is 28.3 Å². The van der Waals surface area contributed by atoms with E-state index in [0.717, 1.165) is 21.7 Å². The van der Waals surface area contributed by atoms with E-state index >= 15 is 0 Å². The first kappa shape index (κ1) is 23.6. The molecular formula is C25H30N4O2S. The summed E-state index contributed by atoms with van der Waals surface area (Å²) in [7, 11) is 0. The zero-order valence-corrected chi connectivity index (χ0v) is 19.9. The van der Waals surface area contributed by atoms with Crippen molar-refractivity contribution in [1.29, 1.82) is 0 Å². The minimum absolute atomic E-state index is 0.0480. The number of hydrogen-bond donors (Lipinski definition) is 1. The van der Waals surface area contributed by atoms with E-state index < -0.39 is 0 Å². The molecule has 2 amide bonds. The third-order valence-electron chi connectivity index (χ3n) is 4.80. The van der Waals surface area contributed by atoms with Gasteiger partial charge in [-0.15, -0.1) is 10.2 Å². The van der Waals surface area contributed by atoms with Crippen LogP contribution >= 0.6 is 11.3 Å². The van der Waals surface area contributed by atoms with E-state index in [1.807, 2.05) is 82.3 Å². The van der Waals surface area contributed by atoms with E-state index in [2.05, 4.69) is 15.5 Å². The van der Waals surface area contributed by atoms with Gasteiger partial charge in [0.25, 0.3) is 0 Å². The van der Waals surface area contributed by atoms with Crippen molar-refractivity contribution in [3.63, 3.8) is 0 Å². The molecule has 1 heterocycles. The predicted octanol–water partition coefficient (Wildman–Crippen LogP) is 5.31. The monoisotopic (exact) mass is 450 g/mol. The Morgan fingerprint density at radius 3 is 2.47 bits per heavy atom. The lowest BCUT2D eigenvalue weighted by Gasteiger charge is -2.26. The minimum atomic E-state index is -0.182. The maximum atomic E-state index is 12.9. The molecule has 2 aromatic carbocycles. The van der Waals surface area contributed by atoms with Gasteiger partial charge in [0.15, 0.2) is 0 Å². The van der Waals surface area contributed by atoms with Crippen molar-refractivity contribution in [1.82, 2.24) is 15.1 Å². The highest BCUT2D eigenvalue weighted by molar-refractivity contribution is 7.18. The van der Waals surface area contributed by atoms with Gasteiger partial charge in [0, 0.05) is 31.5 Å². The normalized spacial score (nSPS) is 11.2. The maximum Gasteiger partial charge on any atom is 0.227 e. The molecule has 32 heavy (non-hydrogen) atoms. The van der Waals surface area contributed by atoms with Gasteiger partial charge in [-0.3, -0.25) is 9.59 Å². The zero-order chi connectivity index (χ0) is 23.1. The number of hydrogen-bond acceptors (Lipinski definition) is 5. The van der Waals surface area contributed by atoms with Crippen molar-refractivity contribution < 1.29 is 9.59 Å². The topological polar surface area (TPSA) is 75.2 Å². The molecule has 0 atom stereocenters. The summed E-state index contributed by atoms with van der Waals surface area (Å²) in [6.45, 7) is 8.98. The average Bonchev–Trinajstić information content (AvgIpc) is 3.19. The standard InChI is InChI=1S/C25H30N4O2S/c1-18-9-8-12-20(15-18)23-27-28-24(32-23)26-21(30)13-14-29(22(31)16-25(2,3)4)17-19-10-6-5-7-11-19/h5-12,15H,13-14,16-17H2,1-4H3,(H,26,28,30). The van der Waals surface area contributed by atoms with Crippen LogP contribution < -0.4 is 5.32 Å². The molecule has 3 aromatic rings. The van der Waals surface area contributed by atoms with Gasteiger partial charge >= 0.3 is 0 Å². The smallest absolute Gasteiger partial charge is 0.227 e. The van der Waals surface area contributed by atoms with Crippen LogP contribution in [-0.2, 0) is 16.1 Å². The van der Waals surface area contributed by atoms with Gasteiger partial charge in [0.2, 0.25) is 16.9 Å². The summed E-state index contributed by atoms with van der Waals surface area (Å²) in [6.07, 6.45) is 0.625. The van der Waals surface area contributed by atoms with Gasteiger partial charge in [0.1, 0.15) is 5.01 Å². The molecule has 0 aliphatic heterocycles. The van der Waals surface area contributed by atoms with Gasteiger partial charge in [-0.25, -0.2) is 0 Å². The number of aromatic nitrogens is 2. The third-order valence-corrected chi connectivity index (χ3v) is 5.68. The number of amides is 2. The summed E-state index contributed by atoms with van der Waals surface area (Å²) < 4.78 is 0. The first-order chi connectivity index (χ1) is 15.2. The lowest BCUT2D eigenvalue weighted by molar-refractivity contribution is -0.134. The third kappa shape index (κ3) is 7.27. The Bertz CT molecular complexity index is 1060. The van der Waals surface area contributed by atoms with Crippen molar-refractivity contribution in [3.05, 3.63) is 65.7 Å². The Morgan fingerprint density at radius 1 is 1.03 bits per heavy atom. The quantitative estimate of drug-likeness (QED) is 0.505. The first-order valence-electron chi connectivity index (χ1n) is 10.7.